The summed E-state index contributed by atoms with van der Waals surface area (Å²) >= 11 is 0. The first-order chi connectivity index (χ1) is 8.49. The van der Waals surface area contributed by atoms with Gasteiger partial charge in [0.15, 0.2) is 0 Å². The first-order valence-electron chi connectivity index (χ1n) is 5.91. The summed E-state index contributed by atoms with van der Waals surface area (Å²) < 4.78 is 17.1. The van der Waals surface area contributed by atoms with E-state index in [0.29, 0.717) is 24.9 Å². The summed E-state index contributed by atoms with van der Waals surface area (Å²) in [7, 11) is -1.24. The molecule has 0 spiro atoms. The van der Waals surface area contributed by atoms with Crippen LogP contribution in [0.1, 0.15) is 19.8 Å². The largest absolute Gasteiger partial charge is 0.480 e. The molecule has 1 aliphatic rings. The Morgan fingerprint density at radius 1 is 1.44 bits per heavy atom. The number of carboxylic acids is 1. The summed E-state index contributed by atoms with van der Waals surface area (Å²) in [5.41, 5.74) is 0. The van der Waals surface area contributed by atoms with Gasteiger partial charge in [0.2, 0.25) is 5.91 Å². The summed E-state index contributed by atoms with van der Waals surface area (Å²) in [4.78, 5) is 21.7. The van der Waals surface area contributed by atoms with Crippen molar-refractivity contribution in [2.24, 2.45) is 5.92 Å². The third kappa shape index (κ3) is 5.59. The van der Waals surface area contributed by atoms with Crippen molar-refractivity contribution in [3.63, 3.8) is 0 Å². The van der Waals surface area contributed by atoms with Crippen LogP contribution in [0, 0.1) is 5.92 Å². The zero-order valence-electron chi connectivity index (χ0n) is 10.4. The fourth-order valence-corrected chi connectivity index (χ4v) is 3.44. The van der Waals surface area contributed by atoms with Gasteiger partial charge in [-0.2, -0.15) is 0 Å². The maximum absolute atomic E-state index is 11.9. The number of aliphatic carboxylic acids is 1. The molecule has 1 saturated heterocycles. The van der Waals surface area contributed by atoms with Gasteiger partial charge in [-0.3, -0.25) is 9.00 Å². The number of ether oxygens (including phenoxy) is 1. The monoisotopic (exact) mass is 277 g/mol. The van der Waals surface area contributed by atoms with Crippen LogP contribution >= 0.6 is 0 Å². The summed E-state index contributed by atoms with van der Waals surface area (Å²) in [5, 5.41) is 11.2. The van der Waals surface area contributed by atoms with Crippen LogP contribution in [0.2, 0.25) is 0 Å². The number of nitrogens with one attached hydrogen (secondary N) is 1. The van der Waals surface area contributed by atoms with E-state index in [9.17, 15) is 13.8 Å². The minimum absolute atomic E-state index is 0.0354. The van der Waals surface area contributed by atoms with Crippen molar-refractivity contribution >= 4 is 22.7 Å². The smallest absolute Gasteiger partial charge is 0.327 e. The predicted molar refractivity (Wildman–Crippen MR) is 66.7 cm³/mol. The Labute approximate surface area is 109 Å². The van der Waals surface area contributed by atoms with Gasteiger partial charge in [-0.05, 0) is 18.8 Å². The van der Waals surface area contributed by atoms with Crippen molar-refractivity contribution in [3.05, 3.63) is 0 Å². The second-order valence-electron chi connectivity index (χ2n) is 4.42. The van der Waals surface area contributed by atoms with E-state index in [1.165, 1.54) is 6.92 Å². The van der Waals surface area contributed by atoms with Crippen molar-refractivity contribution in [1.29, 1.82) is 0 Å². The Morgan fingerprint density at radius 3 is 2.56 bits per heavy atom. The summed E-state index contributed by atoms with van der Waals surface area (Å²) in [5.74, 6) is -0.804. The van der Waals surface area contributed by atoms with Gasteiger partial charge in [0.05, 0.1) is 5.75 Å². The highest BCUT2D eigenvalue weighted by Crippen LogP contribution is 2.16. The molecular formula is C11H19NO5S. The molecule has 0 aliphatic carbocycles. The first kappa shape index (κ1) is 15.1. The third-order valence-electron chi connectivity index (χ3n) is 2.79. The van der Waals surface area contributed by atoms with Crippen LogP contribution in [0.15, 0.2) is 0 Å². The molecule has 6 nitrogen and oxygen atoms in total. The van der Waals surface area contributed by atoms with Crippen LogP contribution in [0.5, 0.6) is 0 Å². The van der Waals surface area contributed by atoms with E-state index in [4.69, 9.17) is 9.84 Å². The van der Waals surface area contributed by atoms with E-state index in [1.807, 2.05) is 0 Å². The Hall–Kier alpha value is -0.950. The Bertz CT molecular complexity index is 327. The molecule has 1 unspecified atom stereocenters. The van der Waals surface area contributed by atoms with E-state index in [1.54, 1.807) is 0 Å². The Balaban J connectivity index is 2.40. The summed E-state index contributed by atoms with van der Waals surface area (Å²) in [6.45, 7) is 2.60. The molecule has 0 saturated carbocycles. The average Bonchev–Trinajstić information content (AvgIpc) is 2.28. The highest BCUT2D eigenvalue weighted by atomic mass is 32.2. The molecule has 0 bridgehead atoms. The SMILES string of the molecule is CC(=O)N[C@@H](CS(=O)CC1CCOCC1)C(=O)O. The number of carboxylic acid groups (broad SMARTS) is 1. The molecule has 0 aromatic heterocycles. The maximum atomic E-state index is 11.9. The fraction of sp³-hybridized carbons (Fsp3) is 0.818. The number of carbonyl (C=O) groups is 2. The van der Waals surface area contributed by atoms with Crippen LogP contribution < -0.4 is 5.32 Å². The normalized spacial score (nSPS) is 20.1. The Morgan fingerprint density at radius 2 is 2.06 bits per heavy atom. The van der Waals surface area contributed by atoms with E-state index < -0.39 is 28.7 Å². The molecule has 1 amide bonds. The molecule has 1 heterocycles. The molecule has 1 rings (SSSR count). The lowest BCUT2D eigenvalue weighted by molar-refractivity contribution is -0.140. The molecule has 2 atom stereocenters. The van der Waals surface area contributed by atoms with Crippen molar-refractivity contribution in [2.75, 3.05) is 24.7 Å². The van der Waals surface area contributed by atoms with Gasteiger partial charge < -0.3 is 15.2 Å². The second-order valence-corrected chi connectivity index (χ2v) is 5.97. The second kappa shape index (κ2) is 7.48. The zero-order valence-corrected chi connectivity index (χ0v) is 11.2. The lowest BCUT2D eigenvalue weighted by Gasteiger charge is -2.22. The standard InChI is InChI=1S/C11H19NO5S/c1-8(13)12-10(11(14)15)7-18(16)6-9-2-4-17-5-3-9/h9-10H,2-7H2,1H3,(H,12,13)(H,14,15)/t10-,18?/m0/s1. The molecule has 7 heteroatoms. The minimum Gasteiger partial charge on any atom is -0.480 e. The molecule has 104 valence electrons. The predicted octanol–water partition coefficient (Wildman–Crippen LogP) is -0.249. The quantitative estimate of drug-likeness (QED) is 0.698. The van der Waals surface area contributed by atoms with Crippen LogP contribution in [0.3, 0.4) is 0 Å². The maximum Gasteiger partial charge on any atom is 0.327 e. The number of hydrogen-bond acceptors (Lipinski definition) is 4. The molecule has 0 radical (unpaired) electrons. The van der Waals surface area contributed by atoms with Gasteiger partial charge >= 0.3 is 5.97 Å². The lowest BCUT2D eigenvalue weighted by atomic mass is 10.0. The highest BCUT2D eigenvalue weighted by Gasteiger charge is 2.23. The van der Waals surface area contributed by atoms with Crippen molar-refractivity contribution in [3.8, 4) is 0 Å². The van der Waals surface area contributed by atoms with Crippen LogP contribution in [-0.2, 0) is 25.1 Å². The van der Waals surface area contributed by atoms with E-state index in [-0.39, 0.29) is 5.75 Å². The topological polar surface area (TPSA) is 92.7 Å². The van der Waals surface area contributed by atoms with Crippen LogP contribution in [0.4, 0.5) is 0 Å². The summed E-state index contributed by atoms with van der Waals surface area (Å²) in [6, 6.07) is -1.07. The number of hydrogen-bond donors (Lipinski definition) is 2. The first-order valence-corrected chi connectivity index (χ1v) is 7.40. The fourth-order valence-electron chi connectivity index (χ4n) is 1.85. The highest BCUT2D eigenvalue weighted by molar-refractivity contribution is 7.85. The van der Waals surface area contributed by atoms with Gasteiger partial charge in [-0.25, -0.2) is 4.79 Å². The number of carbonyl (C=O) groups excluding carboxylic acids is 1. The van der Waals surface area contributed by atoms with Gasteiger partial charge in [0.25, 0.3) is 0 Å². The van der Waals surface area contributed by atoms with Crippen molar-refractivity contribution in [1.82, 2.24) is 5.32 Å². The Kier molecular flexibility index (Phi) is 6.28. The molecule has 0 aromatic rings. The van der Waals surface area contributed by atoms with Crippen LogP contribution in [-0.4, -0.2) is 52.0 Å². The van der Waals surface area contributed by atoms with Gasteiger partial charge in [-0.1, -0.05) is 0 Å². The van der Waals surface area contributed by atoms with E-state index in [0.717, 1.165) is 12.8 Å². The summed E-state index contributed by atoms with van der Waals surface area (Å²) in [6.07, 6.45) is 1.73. The zero-order chi connectivity index (χ0) is 13.5. The molecule has 0 aromatic carbocycles. The van der Waals surface area contributed by atoms with E-state index in [2.05, 4.69) is 5.32 Å². The van der Waals surface area contributed by atoms with Gasteiger partial charge in [0, 0.05) is 36.7 Å². The lowest BCUT2D eigenvalue weighted by Crippen LogP contribution is -2.44. The number of amides is 1. The third-order valence-corrected chi connectivity index (χ3v) is 4.34. The minimum atomic E-state index is -1.24. The molecule has 1 fully saturated rings. The molecule has 18 heavy (non-hydrogen) atoms. The van der Waals surface area contributed by atoms with Crippen molar-refractivity contribution in [2.45, 2.75) is 25.8 Å². The number of rotatable bonds is 6. The van der Waals surface area contributed by atoms with Gasteiger partial charge in [-0.15, -0.1) is 0 Å². The van der Waals surface area contributed by atoms with E-state index >= 15 is 0 Å². The molecular weight excluding hydrogens is 258 g/mol. The molecule has 2 N–H and O–H groups in total. The van der Waals surface area contributed by atoms with Crippen LogP contribution in [0.25, 0.3) is 0 Å². The van der Waals surface area contributed by atoms with Gasteiger partial charge in [0.1, 0.15) is 6.04 Å². The van der Waals surface area contributed by atoms with Crippen molar-refractivity contribution < 1.29 is 23.6 Å². The molecule has 1 aliphatic heterocycles. The average molecular weight is 277 g/mol.